The topological polar surface area (TPSA) is 171 Å². The van der Waals surface area contributed by atoms with E-state index >= 15 is 0 Å². The van der Waals surface area contributed by atoms with Crippen LogP contribution in [0, 0.1) is 0 Å². The average molecular weight is 905 g/mol. The van der Waals surface area contributed by atoms with Gasteiger partial charge in [0.1, 0.15) is 17.7 Å². The molecule has 0 aromatic carbocycles. The molecule has 3 N–H and O–H groups in total. The van der Waals surface area contributed by atoms with Crippen LogP contribution in [0.4, 0.5) is 0 Å². The molecule has 0 amide bonds. The first kappa shape index (κ1) is 56.3. The summed E-state index contributed by atoms with van der Waals surface area (Å²) in [5, 5.41) is 13.1. The lowest BCUT2D eigenvalue weighted by atomic mass is 10.0. The van der Waals surface area contributed by atoms with Crippen molar-refractivity contribution in [3.8, 4) is 0 Å². The van der Waals surface area contributed by atoms with Crippen molar-refractivity contribution >= 4 is 47.3 Å². The lowest BCUT2D eigenvalue weighted by Crippen LogP contribution is -2.40. The first-order valence-electron chi connectivity index (χ1n) is 23.3. The smallest absolute Gasteiger partial charge is 0.472 e. The van der Waals surface area contributed by atoms with E-state index in [9.17, 15) is 28.9 Å². The van der Waals surface area contributed by atoms with Crippen molar-refractivity contribution in [1.82, 2.24) is 10.3 Å². The van der Waals surface area contributed by atoms with E-state index in [0.29, 0.717) is 12.8 Å². The molecule has 0 spiro atoms. The van der Waals surface area contributed by atoms with Gasteiger partial charge in [-0.15, -0.1) is 0 Å². The number of pyridine rings is 1. The third-order valence-electron chi connectivity index (χ3n) is 10.2. The summed E-state index contributed by atoms with van der Waals surface area (Å²) >= 11 is 0. The quantitative estimate of drug-likeness (QED) is 0.0244. The largest absolute Gasteiger partial charge is 0.480 e. The first-order chi connectivity index (χ1) is 29.2. The Kier molecular flexibility index (Phi) is 37.7. The molecule has 0 aliphatic heterocycles. The van der Waals surface area contributed by atoms with Gasteiger partial charge in [0.05, 0.1) is 13.2 Å². The molecule has 0 radical (unpaired) electrons. The molecule has 12 nitrogen and oxygen atoms in total. The Hall–Kier alpha value is -1.67. The SMILES string of the molecule is CCCCCCCCCCCCCCCC(=O)OC[C@H](COP(=O)(O)OCCNC(CSSc1ccccn1)C(=O)O)OC(=O)CCCCCCCCCCCCCCC. The summed E-state index contributed by atoms with van der Waals surface area (Å²) in [5.74, 6) is -1.76. The third kappa shape index (κ3) is 35.9. The number of carbonyl (C=O) groups is 3. The molecule has 60 heavy (non-hydrogen) atoms. The van der Waals surface area contributed by atoms with Crippen LogP contribution in [0.15, 0.2) is 29.4 Å². The van der Waals surface area contributed by atoms with Gasteiger partial charge in [-0.2, -0.15) is 0 Å². The number of esters is 2. The minimum absolute atomic E-state index is 0.0337. The molecule has 1 aromatic rings. The van der Waals surface area contributed by atoms with Crippen molar-refractivity contribution in [2.45, 2.75) is 211 Å². The van der Waals surface area contributed by atoms with Crippen LogP contribution >= 0.6 is 29.4 Å². The Bertz CT molecular complexity index is 1240. The molecule has 1 heterocycles. The first-order valence-corrected chi connectivity index (χ1v) is 27.1. The lowest BCUT2D eigenvalue weighted by Gasteiger charge is -2.20. The van der Waals surface area contributed by atoms with E-state index in [1.807, 2.05) is 12.1 Å². The predicted octanol–water partition coefficient (Wildman–Crippen LogP) is 12.4. The minimum atomic E-state index is -4.61. The lowest BCUT2D eigenvalue weighted by molar-refractivity contribution is -0.161. The molecule has 0 saturated carbocycles. The summed E-state index contributed by atoms with van der Waals surface area (Å²) < 4.78 is 33.9. The predicted molar refractivity (Wildman–Crippen MR) is 245 cm³/mol. The summed E-state index contributed by atoms with van der Waals surface area (Å²) in [6.45, 7) is 3.31. The molecule has 0 bridgehead atoms. The summed E-state index contributed by atoms with van der Waals surface area (Å²) in [5.41, 5.74) is 0. The number of carboxylic acid groups (broad SMARTS) is 1. The fourth-order valence-electron chi connectivity index (χ4n) is 6.58. The van der Waals surface area contributed by atoms with Gasteiger partial charge < -0.3 is 24.8 Å². The maximum atomic E-state index is 12.8. The Morgan fingerprint density at radius 1 is 0.683 bits per heavy atom. The average Bonchev–Trinajstić information content (AvgIpc) is 3.23. The van der Waals surface area contributed by atoms with E-state index in [4.69, 9.17) is 18.5 Å². The molecule has 0 aliphatic carbocycles. The Labute approximate surface area is 371 Å². The highest BCUT2D eigenvalue weighted by molar-refractivity contribution is 8.76. The summed E-state index contributed by atoms with van der Waals surface area (Å²) in [6.07, 6.45) is 32.0. The standard InChI is InChI=1S/C45H81N2O10PS2/c1-3-5-7-9-11-13-15-17-19-21-23-25-27-32-43(48)54-37-40(57-44(49)33-28-26-24-22-20-18-16-14-12-10-8-6-4-2)38-56-58(52,53)55-36-35-46-41(45(50)51)39-59-60-42-31-29-30-34-47-42/h29-31,34,40-41,46H,3-28,32-33,35-39H2,1-2H3,(H,50,51)(H,52,53)/t40-,41?/m1/s1. The second-order valence-electron chi connectivity index (χ2n) is 15.8. The van der Waals surface area contributed by atoms with Crippen molar-refractivity contribution in [2.24, 2.45) is 0 Å². The van der Waals surface area contributed by atoms with Crippen LogP contribution in [0.3, 0.4) is 0 Å². The zero-order valence-electron chi connectivity index (χ0n) is 37.2. The number of phosphoric ester groups is 1. The van der Waals surface area contributed by atoms with Crippen LogP contribution in [-0.2, 0) is 37.5 Å². The van der Waals surface area contributed by atoms with Crippen molar-refractivity contribution < 1.29 is 47.5 Å². The van der Waals surface area contributed by atoms with Gasteiger partial charge in [0.2, 0.25) is 0 Å². The van der Waals surface area contributed by atoms with E-state index in [1.54, 1.807) is 12.3 Å². The monoisotopic (exact) mass is 905 g/mol. The molecule has 348 valence electrons. The van der Waals surface area contributed by atoms with E-state index in [-0.39, 0.29) is 38.4 Å². The maximum Gasteiger partial charge on any atom is 0.472 e. The second-order valence-corrected chi connectivity index (χ2v) is 19.6. The van der Waals surface area contributed by atoms with Gasteiger partial charge in [0, 0.05) is 31.3 Å². The molecule has 0 aliphatic rings. The van der Waals surface area contributed by atoms with Gasteiger partial charge in [-0.3, -0.25) is 23.4 Å². The van der Waals surface area contributed by atoms with Crippen LogP contribution < -0.4 is 5.32 Å². The van der Waals surface area contributed by atoms with Crippen LogP contribution in [0.25, 0.3) is 0 Å². The Balaban J connectivity index is 2.44. The summed E-state index contributed by atoms with van der Waals surface area (Å²) in [7, 11) is -1.95. The van der Waals surface area contributed by atoms with Crippen molar-refractivity contribution in [3.63, 3.8) is 0 Å². The number of carbonyl (C=O) groups excluding carboxylic acids is 2. The van der Waals surface area contributed by atoms with E-state index in [0.717, 1.165) is 43.6 Å². The van der Waals surface area contributed by atoms with E-state index < -0.39 is 44.5 Å². The van der Waals surface area contributed by atoms with Gasteiger partial charge >= 0.3 is 25.7 Å². The third-order valence-corrected chi connectivity index (χ3v) is 13.4. The van der Waals surface area contributed by atoms with Crippen molar-refractivity contribution in [1.29, 1.82) is 0 Å². The van der Waals surface area contributed by atoms with Crippen LogP contribution in [0.1, 0.15) is 194 Å². The number of unbranched alkanes of at least 4 members (excludes halogenated alkanes) is 24. The molecule has 0 saturated heterocycles. The Morgan fingerprint density at radius 2 is 1.17 bits per heavy atom. The zero-order chi connectivity index (χ0) is 43.8. The minimum Gasteiger partial charge on any atom is -0.480 e. The molecule has 1 rings (SSSR count). The van der Waals surface area contributed by atoms with Crippen LogP contribution in [-0.4, -0.2) is 77.2 Å². The number of carboxylic acids is 1. The molecule has 0 fully saturated rings. The fraction of sp³-hybridized carbons (Fsp3) is 0.822. The summed E-state index contributed by atoms with van der Waals surface area (Å²) in [6, 6.07) is 4.54. The van der Waals surface area contributed by atoms with Gasteiger partial charge in [-0.05, 0) is 35.8 Å². The number of nitrogens with one attached hydrogen (secondary N) is 1. The number of nitrogens with zero attached hydrogens (tertiary/aromatic N) is 1. The van der Waals surface area contributed by atoms with Crippen molar-refractivity contribution in [3.05, 3.63) is 24.4 Å². The number of hydrogen-bond acceptors (Lipinski definition) is 12. The zero-order valence-corrected chi connectivity index (χ0v) is 39.7. The van der Waals surface area contributed by atoms with Gasteiger partial charge in [0.25, 0.3) is 0 Å². The number of phosphoric acid groups is 1. The van der Waals surface area contributed by atoms with E-state index in [2.05, 4.69) is 24.1 Å². The highest BCUT2D eigenvalue weighted by Crippen LogP contribution is 2.43. The molecule has 3 atom stereocenters. The highest BCUT2D eigenvalue weighted by Gasteiger charge is 2.26. The van der Waals surface area contributed by atoms with Crippen molar-refractivity contribution in [2.75, 3.05) is 32.1 Å². The fourth-order valence-corrected chi connectivity index (χ4v) is 9.42. The molecule has 15 heteroatoms. The maximum absolute atomic E-state index is 12.8. The number of aliphatic carboxylic acids is 1. The van der Waals surface area contributed by atoms with Gasteiger partial charge in [0.15, 0.2) is 6.10 Å². The highest BCUT2D eigenvalue weighted by atomic mass is 33.1. The van der Waals surface area contributed by atoms with Gasteiger partial charge in [-0.25, -0.2) is 9.55 Å². The number of ether oxygens (including phenoxy) is 2. The molecular formula is C45H81N2O10PS2. The number of rotatable bonds is 44. The Morgan fingerprint density at radius 3 is 1.63 bits per heavy atom. The number of aromatic nitrogens is 1. The van der Waals surface area contributed by atoms with E-state index in [1.165, 1.54) is 137 Å². The van der Waals surface area contributed by atoms with Crippen LogP contribution in [0.2, 0.25) is 0 Å². The molecule has 2 unspecified atom stereocenters. The summed E-state index contributed by atoms with van der Waals surface area (Å²) in [4.78, 5) is 51.6. The van der Waals surface area contributed by atoms with Crippen LogP contribution in [0.5, 0.6) is 0 Å². The normalized spacial score (nSPS) is 13.4. The van der Waals surface area contributed by atoms with Gasteiger partial charge in [-0.1, -0.05) is 185 Å². The molecule has 1 aromatic heterocycles. The number of hydrogen-bond donors (Lipinski definition) is 3. The molecular weight excluding hydrogens is 824 g/mol. The second kappa shape index (κ2) is 40.1.